The summed E-state index contributed by atoms with van der Waals surface area (Å²) < 4.78 is 0. The Hall–Kier alpha value is -2.35. The number of aryl methyl sites for hydroxylation is 3. The summed E-state index contributed by atoms with van der Waals surface area (Å²) in [5, 5.41) is 3.35. The summed E-state index contributed by atoms with van der Waals surface area (Å²) in [4.78, 5) is 12.2. The molecule has 0 spiro atoms. The van der Waals surface area contributed by atoms with E-state index in [9.17, 15) is 4.79 Å². The van der Waals surface area contributed by atoms with Crippen molar-refractivity contribution in [3.63, 3.8) is 0 Å². The van der Waals surface area contributed by atoms with E-state index in [4.69, 9.17) is 0 Å². The molecule has 0 aliphatic heterocycles. The van der Waals surface area contributed by atoms with Crippen molar-refractivity contribution in [3.8, 4) is 0 Å². The van der Waals surface area contributed by atoms with Gasteiger partial charge in [-0.25, -0.2) is 0 Å². The topological polar surface area (TPSA) is 29.1 Å². The molecule has 2 nitrogen and oxygen atoms in total. The number of rotatable bonds is 4. The Bertz CT molecular complexity index is 661. The van der Waals surface area contributed by atoms with Gasteiger partial charge in [0.2, 0.25) is 0 Å². The average Bonchev–Trinajstić information content (AvgIpc) is 2.43. The molecule has 0 aromatic heterocycles. The van der Waals surface area contributed by atoms with Crippen molar-refractivity contribution in [2.75, 3.05) is 5.32 Å². The summed E-state index contributed by atoms with van der Waals surface area (Å²) >= 11 is 0. The normalized spacial score (nSPS) is 11.3. The summed E-state index contributed by atoms with van der Waals surface area (Å²) in [5.74, 6) is 0.0167. The van der Waals surface area contributed by atoms with Crippen molar-refractivity contribution in [2.45, 2.75) is 27.7 Å². The minimum atomic E-state index is 0.0167. The number of ketones is 1. The molecule has 108 valence electrons. The van der Waals surface area contributed by atoms with Crippen LogP contribution in [0, 0.1) is 20.8 Å². The highest BCUT2D eigenvalue weighted by Crippen LogP contribution is 2.23. The number of anilines is 1. The van der Waals surface area contributed by atoms with Gasteiger partial charge in [0.1, 0.15) is 0 Å². The fourth-order valence-corrected chi connectivity index (χ4v) is 2.49. The van der Waals surface area contributed by atoms with Crippen molar-refractivity contribution in [3.05, 3.63) is 76.5 Å². The summed E-state index contributed by atoms with van der Waals surface area (Å²) in [6.45, 7) is 8.16. The zero-order chi connectivity index (χ0) is 15.4. The maximum atomic E-state index is 12.2. The zero-order valence-electron chi connectivity index (χ0n) is 13.0. The van der Waals surface area contributed by atoms with Crippen LogP contribution in [0.2, 0.25) is 0 Å². The van der Waals surface area contributed by atoms with Crippen LogP contribution in [-0.4, -0.2) is 5.78 Å². The minimum Gasteiger partial charge on any atom is -0.359 e. The maximum Gasteiger partial charge on any atom is 0.187 e. The third kappa shape index (κ3) is 3.82. The first-order chi connectivity index (χ1) is 9.97. The SMILES string of the molecule is C/C(=C\C(=O)c1ccccc1)Nc1c(C)cc(C)cc1C. The summed E-state index contributed by atoms with van der Waals surface area (Å²) in [5.41, 5.74) is 6.25. The Kier molecular flexibility index (Phi) is 4.59. The van der Waals surface area contributed by atoms with Gasteiger partial charge in [-0.3, -0.25) is 4.79 Å². The van der Waals surface area contributed by atoms with Gasteiger partial charge in [-0.2, -0.15) is 0 Å². The molecule has 2 rings (SSSR count). The van der Waals surface area contributed by atoms with E-state index in [1.165, 1.54) is 16.7 Å². The van der Waals surface area contributed by atoms with Crippen LogP contribution >= 0.6 is 0 Å². The molecule has 21 heavy (non-hydrogen) atoms. The molecular formula is C19H21NO. The van der Waals surface area contributed by atoms with Gasteiger partial charge in [0.05, 0.1) is 0 Å². The Balaban J connectivity index is 2.20. The van der Waals surface area contributed by atoms with E-state index >= 15 is 0 Å². The number of benzene rings is 2. The van der Waals surface area contributed by atoms with Crippen molar-refractivity contribution >= 4 is 11.5 Å². The van der Waals surface area contributed by atoms with E-state index in [0.717, 1.165) is 11.4 Å². The molecule has 1 N–H and O–H groups in total. The van der Waals surface area contributed by atoms with Gasteiger partial charge < -0.3 is 5.32 Å². The first-order valence-corrected chi connectivity index (χ1v) is 7.10. The second kappa shape index (κ2) is 6.40. The molecular weight excluding hydrogens is 258 g/mol. The lowest BCUT2D eigenvalue weighted by molar-refractivity contribution is 0.104. The molecule has 0 unspecified atom stereocenters. The highest BCUT2D eigenvalue weighted by atomic mass is 16.1. The van der Waals surface area contributed by atoms with Gasteiger partial charge in [-0.05, 0) is 38.8 Å². The first-order valence-electron chi connectivity index (χ1n) is 7.10. The van der Waals surface area contributed by atoms with Gasteiger partial charge in [-0.15, -0.1) is 0 Å². The predicted molar refractivity (Wildman–Crippen MR) is 88.8 cm³/mol. The van der Waals surface area contributed by atoms with Crippen LogP contribution in [0.4, 0.5) is 5.69 Å². The monoisotopic (exact) mass is 279 g/mol. The van der Waals surface area contributed by atoms with Crippen LogP contribution < -0.4 is 5.32 Å². The third-order valence-corrected chi connectivity index (χ3v) is 3.41. The van der Waals surface area contributed by atoms with E-state index in [1.807, 2.05) is 37.3 Å². The number of hydrogen-bond acceptors (Lipinski definition) is 2. The summed E-state index contributed by atoms with van der Waals surface area (Å²) in [6.07, 6.45) is 1.65. The number of carbonyl (C=O) groups excluding carboxylic acids is 1. The van der Waals surface area contributed by atoms with Crippen LogP contribution in [0.1, 0.15) is 34.0 Å². The molecule has 2 aromatic rings. The first kappa shape index (κ1) is 15.0. The Morgan fingerprint density at radius 2 is 1.57 bits per heavy atom. The largest absolute Gasteiger partial charge is 0.359 e. The number of hydrogen-bond donors (Lipinski definition) is 1. The molecule has 0 heterocycles. The smallest absolute Gasteiger partial charge is 0.187 e. The molecule has 0 aliphatic carbocycles. The van der Waals surface area contributed by atoms with E-state index in [1.54, 1.807) is 6.08 Å². The highest BCUT2D eigenvalue weighted by molar-refractivity contribution is 6.05. The Morgan fingerprint density at radius 3 is 2.14 bits per heavy atom. The van der Waals surface area contributed by atoms with Crippen LogP contribution in [0.3, 0.4) is 0 Å². The van der Waals surface area contributed by atoms with Crippen LogP contribution in [-0.2, 0) is 0 Å². The van der Waals surface area contributed by atoms with E-state index < -0.39 is 0 Å². The van der Waals surface area contributed by atoms with Crippen molar-refractivity contribution < 1.29 is 4.79 Å². The van der Waals surface area contributed by atoms with Crippen molar-refractivity contribution in [1.82, 2.24) is 0 Å². The third-order valence-electron chi connectivity index (χ3n) is 3.41. The zero-order valence-corrected chi connectivity index (χ0v) is 13.0. The second-order valence-corrected chi connectivity index (χ2v) is 5.46. The van der Waals surface area contributed by atoms with Gasteiger partial charge in [-0.1, -0.05) is 48.0 Å². The molecule has 0 saturated heterocycles. The van der Waals surface area contributed by atoms with Crippen LogP contribution in [0.5, 0.6) is 0 Å². The quantitative estimate of drug-likeness (QED) is 0.642. The average molecular weight is 279 g/mol. The molecule has 0 fully saturated rings. The Morgan fingerprint density at radius 1 is 1.00 bits per heavy atom. The molecule has 2 heteroatoms. The lowest BCUT2D eigenvalue weighted by Gasteiger charge is -2.14. The molecule has 0 amide bonds. The standard InChI is InChI=1S/C19H21NO/c1-13-10-14(2)19(15(3)11-13)20-16(4)12-18(21)17-8-6-5-7-9-17/h5-12,20H,1-4H3/b16-12+. The Labute approximate surface area is 126 Å². The predicted octanol–water partition coefficient (Wildman–Crippen LogP) is 4.81. The van der Waals surface area contributed by atoms with E-state index in [0.29, 0.717) is 5.56 Å². The van der Waals surface area contributed by atoms with Gasteiger partial charge >= 0.3 is 0 Å². The van der Waals surface area contributed by atoms with Crippen LogP contribution in [0.15, 0.2) is 54.2 Å². The molecule has 0 saturated carbocycles. The lowest BCUT2D eigenvalue weighted by atomic mass is 10.0. The van der Waals surface area contributed by atoms with Crippen LogP contribution in [0.25, 0.3) is 0 Å². The minimum absolute atomic E-state index is 0.0167. The molecule has 0 bridgehead atoms. The number of nitrogens with one attached hydrogen (secondary N) is 1. The number of carbonyl (C=O) groups is 1. The van der Waals surface area contributed by atoms with Crippen molar-refractivity contribution in [1.29, 1.82) is 0 Å². The second-order valence-electron chi connectivity index (χ2n) is 5.46. The fraction of sp³-hybridized carbons (Fsp3) is 0.211. The fourth-order valence-electron chi connectivity index (χ4n) is 2.49. The molecule has 0 aliphatic rings. The van der Waals surface area contributed by atoms with E-state index in [2.05, 4.69) is 38.2 Å². The van der Waals surface area contributed by atoms with Gasteiger partial charge in [0, 0.05) is 23.0 Å². The molecule has 0 atom stereocenters. The summed E-state index contributed by atoms with van der Waals surface area (Å²) in [7, 11) is 0. The molecule has 2 aromatic carbocycles. The van der Waals surface area contributed by atoms with Gasteiger partial charge in [0.25, 0.3) is 0 Å². The maximum absolute atomic E-state index is 12.2. The molecule has 0 radical (unpaired) electrons. The number of allylic oxidation sites excluding steroid dienone is 2. The lowest BCUT2D eigenvalue weighted by Crippen LogP contribution is -2.04. The highest BCUT2D eigenvalue weighted by Gasteiger charge is 2.06. The van der Waals surface area contributed by atoms with Crippen molar-refractivity contribution in [2.24, 2.45) is 0 Å². The van der Waals surface area contributed by atoms with Gasteiger partial charge in [0.15, 0.2) is 5.78 Å². The van der Waals surface area contributed by atoms with E-state index in [-0.39, 0.29) is 5.78 Å². The summed E-state index contributed by atoms with van der Waals surface area (Å²) in [6, 6.07) is 13.6.